The number of nitrogens with zero attached hydrogens (tertiary/aromatic N) is 1. The number of rotatable bonds is 3. The fourth-order valence-electron chi connectivity index (χ4n) is 4.12. The summed E-state index contributed by atoms with van der Waals surface area (Å²) in [7, 11) is 0. The van der Waals surface area contributed by atoms with E-state index >= 15 is 0 Å². The highest BCUT2D eigenvalue weighted by Crippen LogP contribution is 2.37. The van der Waals surface area contributed by atoms with Gasteiger partial charge in [0.05, 0.1) is 18.8 Å². The SMILES string of the molecule is C[C@@H]1CN(C(=O)CN[C@@H]2CCCC[C@H]2C(C)(C)C)C[C@@H](C)O1. The first-order valence-corrected chi connectivity index (χ1v) is 8.94. The Kier molecular flexibility index (Phi) is 5.89. The van der Waals surface area contributed by atoms with E-state index in [9.17, 15) is 4.79 Å². The van der Waals surface area contributed by atoms with Crippen molar-refractivity contribution in [2.75, 3.05) is 19.6 Å². The first-order chi connectivity index (χ1) is 10.3. The molecule has 0 radical (unpaired) electrons. The van der Waals surface area contributed by atoms with Gasteiger partial charge in [-0.1, -0.05) is 33.6 Å². The number of amides is 1. The number of morpholine rings is 1. The second-order valence-electron chi connectivity index (χ2n) is 8.30. The maximum atomic E-state index is 12.5. The van der Waals surface area contributed by atoms with Crippen LogP contribution in [0.2, 0.25) is 0 Å². The fraction of sp³-hybridized carbons (Fsp3) is 0.944. The third-order valence-corrected chi connectivity index (χ3v) is 5.17. The summed E-state index contributed by atoms with van der Waals surface area (Å²) >= 11 is 0. The van der Waals surface area contributed by atoms with Gasteiger partial charge in [-0.05, 0) is 38.0 Å². The van der Waals surface area contributed by atoms with Crippen LogP contribution in [0.1, 0.15) is 60.3 Å². The molecule has 0 bridgehead atoms. The van der Waals surface area contributed by atoms with Gasteiger partial charge in [-0.2, -0.15) is 0 Å². The molecule has 4 nitrogen and oxygen atoms in total. The first kappa shape index (κ1) is 17.7. The lowest BCUT2D eigenvalue weighted by Gasteiger charge is -2.41. The van der Waals surface area contributed by atoms with Gasteiger partial charge in [0, 0.05) is 19.1 Å². The van der Waals surface area contributed by atoms with Gasteiger partial charge >= 0.3 is 0 Å². The van der Waals surface area contributed by atoms with E-state index in [-0.39, 0.29) is 18.1 Å². The van der Waals surface area contributed by atoms with E-state index in [1.165, 1.54) is 25.7 Å². The number of carbonyl (C=O) groups is 1. The number of hydrogen-bond donors (Lipinski definition) is 1. The molecule has 1 amide bonds. The molecule has 1 aliphatic carbocycles. The summed E-state index contributed by atoms with van der Waals surface area (Å²) in [4.78, 5) is 14.5. The van der Waals surface area contributed by atoms with Crippen LogP contribution in [0.3, 0.4) is 0 Å². The maximum Gasteiger partial charge on any atom is 0.236 e. The molecule has 0 aromatic rings. The standard InChI is InChI=1S/C18H34N2O2/c1-13-11-20(12-14(2)22-13)17(21)10-19-16-9-7-6-8-15(16)18(3,4)5/h13-16,19H,6-12H2,1-5H3/t13-,14-,15-,16-/m1/s1. The van der Waals surface area contributed by atoms with Crippen molar-refractivity contribution in [1.29, 1.82) is 0 Å². The van der Waals surface area contributed by atoms with Crippen LogP contribution in [0.25, 0.3) is 0 Å². The van der Waals surface area contributed by atoms with E-state index in [0.717, 1.165) is 13.1 Å². The van der Waals surface area contributed by atoms with E-state index in [1.54, 1.807) is 0 Å². The van der Waals surface area contributed by atoms with Crippen molar-refractivity contribution >= 4 is 5.91 Å². The Hall–Kier alpha value is -0.610. The third-order valence-electron chi connectivity index (χ3n) is 5.17. The molecule has 2 rings (SSSR count). The van der Waals surface area contributed by atoms with Gasteiger partial charge in [-0.15, -0.1) is 0 Å². The van der Waals surface area contributed by atoms with E-state index in [0.29, 0.717) is 23.9 Å². The molecular formula is C18H34N2O2. The van der Waals surface area contributed by atoms with E-state index in [4.69, 9.17) is 4.74 Å². The van der Waals surface area contributed by atoms with Gasteiger partial charge in [0.2, 0.25) is 5.91 Å². The smallest absolute Gasteiger partial charge is 0.236 e. The molecule has 2 aliphatic rings. The number of ether oxygens (including phenoxy) is 1. The zero-order chi connectivity index (χ0) is 16.3. The molecule has 1 N–H and O–H groups in total. The average molecular weight is 310 g/mol. The second kappa shape index (κ2) is 7.31. The number of carbonyl (C=O) groups excluding carboxylic acids is 1. The molecule has 128 valence electrons. The van der Waals surface area contributed by atoms with E-state index in [1.807, 2.05) is 18.7 Å². The first-order valence-electron chi connectivity index (χ1n) is 8.94. The van der Waals surface area contributed by atoms with Crippen LogP contribution in [0.15, 0.2) is 0 Å². The van der Waals surface area contributed by atoms with Gasteiger partial charge in [0.25, 0.3) is 0 Å². The highest BCUT2D eigenvalue weighted by atomic mass is 16.5. The van der Waals surface area contributed by atoms with Crippen LogP contribution in [0.4, 0.5) is 0 Å². The topological polar surface area (TPSA) is 41.6 Å². The Morgan fingerprint density at radius 3 is 2.32 bits per heavy atom. The Bertz CT molecular complexity index is 368. The molecule has 0 aromatic heterocycles. The Morgan fingerprint density at radius 1 is 1.14 bits per heavy atom. The normalized spacial score (nSPS) is 33.8. The summed E-state index contributed by atoms with van der Waals surface area (Å²) in [6, 6.07) is 0.480. The van der Waals surface area contributed by atoms with Crippen LogP contribution < -0.4 is 5.32 Å². The van der Waals surface area contributed by atoms with Crippen molar-refractivity contribution in [3.8, 4) is 0 Å². The zero-order valence-corrected chi connectivity index (χ0v) is 15.0. The quantitative estimate of drug-likeness (QED) is 0.871. The van der Waals surface area contributed by atoms with Crippen molar-refractivity contribution in [3.63, 3.8) is 0 Å². The third kappa shape index (κ3) is 4.69. The molecular weight excluding hydrogens is 276 g/mol. The highest BCUT2D eigenvalue weighted by molar-refractivity contribution is 5.78. The minimum Gasteiger partial charge on any atom is -0.372 e. The van der Waals surface area contributed by atoms with Crippen LogP contribution in [-0.4, -0.2) is 48.7 Å². The number of hydrogen-bond acceptors (Lipinski definition) is 3. The minimum atomic E-state index is 0.143. The van der Waals surface area contributed by atoms with E-state index < -0.39 is 0 Å². The molecule has 0 spiro atoms. The van der Waals surface area contributed by atoms with Gasteiger partial charge < -0.3 is 15.0 Å². The minimum absolute atomic E-state index is 0.143. The predicted octanol–water partition coefficient (Wildman–Crippen LogP) is 2.82. The van der Waals surface area contributed by atoms with Crippen molar-refractivity contribution in [3.05, 3.63) is 0 Å². The van der Waals surface area contributed by atoms with Crippen molar-refractivity contribution < 1.29 is 9.53 Å². The highest BCUT2D eigenvalue weighted by Gasteiger charge is 2.34. The lowest BCUT2D eigenvalue weighted by atomic mass is 9.69. The van der Waals surface area contributed by atoms with Crippen LogP contribution in [-0.2, 0) is 9.53 Å². The summed E-state index contributed by atoms with van der Waals surface area (Å²) in [5.74, 6) is 0.886. The molecule has 22 heavy (non-hydrogen) atoms. The number of nitrogens with one attached hydrogen (secondary N) is 1. The Balaban J connectivity index is 1.86. The van der Waals surface area contributed by atoms with Gasteiger partial charge in [-0.25, -0.2) is 0 Å². The monoisotopic (exact) mass is 310 g/mol. The summed E-state index contributed by atoms with van der Waals surface area (Å²) < 4.78 is 5.71. The van der Waals surface area contributed by atoms with Crippen molar-refractivity contribution in [2.24, 2.45) is 11.3 Å². The van der Waals surface area contributed by atoms with Crippen LogP contribution >= 0.6 is 0 Å². The summed E-state index contributed by atoms with van der Waals surface area (Å²) in [5.41, 5.74) is 0.309. The molecule has 0 aromatic carbocycles. The van der Waals surface area contributed by atoms with Gasteiger partial charge in [0.1, 0.15) is 0 Å². The van der Waals surface area contributed by atoms with Crippen molar-refractivity contribution in [1.82, 2.24) is 10.2 Å². The van der Waals surface area contributed by atoms with Gasteiger partial charge in [-0.3, -0.25) is 4.79 Å². The lowest BCUT2D eigenvalue weighted by molar-refractivity contribution is -0.142. The molecule has 1 aliphatic heterocycles. The molecule has 1 saturated heterocycles. The predicted molar refractivity (Wildman–Crippen MR) is 89.8 cm³/mol. The molecule has 1 heterocycles. The molecule has 4 atom stereocenters. The van der Waals surface area contributed by atoms with E-state index in [2.05, 4.69) is 26.1 Å². The zero-order valence-electron chi connectivity index (χ0n) is 15.0. The lowest BCUT2D eigenvalue weighted by Crippen LogP contribution is -2.53. The summed E-state index contributed by atoms with van der Waals surface area (Å²) in [6.07, 6.45) is 5.37. The van der Waals surface area contributed by atoms with Crippen LogP contribution in [0.5, 0.6) is 0 Å². The Morgan fingerprint density at radius 2 is 1.73 bits per heavy atom. The fourth-order valence-corrected chi connectivity index (χ4v) is 4.12. The molecule has 4 heteroatoms. The van der Waals surface area contributed by atoms with Crippen LogP contribution in [0, 0.1) is 11.3 Å². The summed E-state index contributed by atoms with van der Waals surface area (Å²) in [5, 5.41) is 3.57. The second-order valence-corrected chi connectivity index (χ2v) is 8.30. The summed E-state index contributed by atoms with van der Waals surface area (Å²) in [6.45, 7) is 13.0. The maximum absolute atomic E-state index is 12.5. The van der Waals surface area contributed by atoms with Gasteiger partial charge in [0.15, 0.2) is 0 Å². The van der Waals surface area contributed by atoms with Crippen molar-refractivity contribution in [2.45, 2.75) is 78.6 Å². The molecule has 0 unspecified atom stereocenters. The molecule has 2 fully saturated rings. The average Bonchev–Trinajstić information content (AvgIpc) is 2.43. The Labute approximate surface area is 136 Å². The molecule has 1 saturated carbocycles. The largest absolute Gasteiger partial charge is 0.372 e.